The van der Waals surface area contributed by atoms with Gasteiger partial charge >= 0.3 is 5.91 Å². The second-order valence-electron chi connectivity index (χ2n) is 7.85. The van der Waals surface area contributed by atoms with Gasteiger partial charge in [-0.25, -0.2) is 4.98 Å². The molecule has 1 amide bonds. The van der Waals surface area contributed by atoms with Crippen molar-refractivity contribution < 1.29 is 9.21 Å². The highest BCUT2D eigenvalue weighted by molar-refractivity contribution is 5.90. The zero-order valence-corrected chi connectivity index (χ0v) is 16.3. The SMILES string of the molecule is N#Cc1ccc(C2CC2)c(-c2cnc(C(=O)N[C@H]3CN[C@H](Cn4ccnn4)C3)o2)c1. The molecule has 1 saturated heterocycles. The van der Waals surface area contributed by atoms with E-state index in [-0.39, 0.29) is 23.9 Å². The second-order valence-corrected chi connectivity index (χ2v) is 7.85. The highest BCUT2D eigenvalue weighted by atomic mass is 16.4. The number of hydrogen-bond donors (Lipinski definition) is 2. The van der Waals surface area contributed by atoms with Crippen LogP contribution < -0.4 is 10.6 Å². The summed E-state index contributed by atoms with van der Waals surface area (Å²) < 4.78 is 7.57. The third kappa shape index (κ3) is 3.82. The summed E-state index contributed by atoms with van der Waals surface area (Å²) in [4.78, 5) is 16.8. The highest BCUT2D eigenvalue weighted by Gasteiger charge is 2.29. The van der Waals surface area contributed by atoms with E-state index in [4.69, 9.17) is 4.42 Å². The van der Waals surface area contributed by atoms with Gasteiger partial charge in [0.05, 0.1) is 30.6 Å². The molecule has 3 aromatic rings. The molecule has 1 aliphatic carbocycles. The van der Waals surface area contributed by atoms with Gasteiger partial charge in [-0.2, -0.15) is 5.26 Å². The van der Waals surface area contributed by atoms with Crippen LogP contribution >= 0.6 is 0 Å². The number of aromatic nitrogens is 4. The molecule has 9 nitrogen and oxygen atoms in total. The molecule has 0 unspecified atom stereocenters. The molecule has 2 aliphatic rings. The Balaban J connectivity index is 1.26. The van der Waals surface area contributed by atoms with Crippen molar-refractivity contribution >= 4 is 5.91 Å². The number of nitriles is 1. The van der Waals surface area contributed by atoms with Crippen LogP contribution in [0, 0.1) is 11.3 Å². The smallest absolute Gasteiger partial charge is 0.307 e. The van der Waals surface area contributed by atoms with Crippen LogP contribution in [0.5, 0.6) is 0 Å². The molecule has 152 valence electrons. The van der Waals surface area contributed by atoms with E-state index < -0.39 is 0 Å². The fourth-order valence-corrected chi connectivity index (χ4v) is 3.96. The van der Waals surface area contributed by atoms with E-state index in [0.717, 1.165) is 30.4 Å². The minimum atomic E-state index is -0.334. The van der Waals surface area contributed by atoms with Crippen LogP contribution in [0.3, 0.4) is 0 Å². The molecule has 0 bridgehead atoms. The lowest BCUT2D eigenvalue weighted by Crippen LogP contribution is -2.36. The molecule has 1 aromatic carbocycles. The Labute approximate surface area is 173 Å². The lowest BCUT2D eigenvalue weighted by Gasteiger charge is -2.11. The van der Waals surface area contributed by atoms with Gasteiger partial charge < -0.3 is 15.1 Å². The van der Waals surface area contributed by atoms with Crippen LogP contribution in [0.2, 0.25) is 0 Å². The first-order valence-corrected chi connectivity index (χ1v) is 10.1. The van der Waals surface area contributed by atoms with Gasteiger partial charge in [-0.3, -0.25) is 9.48 Å². The fraction of sp³-hybridized carbons (Fsp3) is 0.381. The molecule has 0 radical (unpaired) electrons. The summed E-state index contributed by atoms with van der Waals surface area (Å²) in [6.45, 7) is 1.38. The number of benzene rings is 1. The summed E-state index contributed by atoms with van der Waals surface area (Å²) in [5.74, 6) is 0.710. The molecule has 0 spiro atoms. The largest absolute Gasteiger partial charge is 0.432 e. The Kier molecular flexibility index (Phi) is 4.77. The van der Waals surface area contributed by atoms with Gasteiger partial charge in [0.1, 0.15) is 0 Å². The molecule has 30 heavy (non-hydrogen) atoms. The molecule has 2 atom stereocenters. The Morgan fingerprint density at radius 2 is 2.30 bits per heavy atom. The van der Waals surface area contributed by atoms with Gasteiger partial charge in [-0.05, 0) is 42.9 Å². The Morgan fingerprint density at radius 3 is 3.07 bits per heavy atom. The second kappa shape index (κ2) is 7.72. The summed E-state index contributed by atoms with van der Waals surface area (Å²) in [7, 11) is 0. The van der Waals surface area contributed by atoms with Crippen molar-refractivity contribution in [2.45, 2.75) is 43.8 Å². The number of rotatable bonds is 6. The van der Waals surface area contributed by atoms with Crippen LogP contribution in [-0.2, 0) is 6.54 Å². The summed E-state index contributed by atoms with van der Waals surface area (Å²) >= 11 is 0. The van der Waals surface area contributed by atoms with Gasteiger partial charge in [0, 0.05) is 30.4 Å². The summed E-state index contributed by atoms with van der Waals surface area (Å²) in [5, 5.41) is 23.4. The Bertz CT molecular complexity index is 1100. The van der Waals surface area contributed by atoms with Gasteiger partial charge in [-0.15, -0.1) is 5.10 Å². The maximum atomic E-state index is 12.6. The maximum absolute atomic E-state index is 12.6. The molecule has 1 aliphatic heterocycles. The number of hydrogen-bond acceptors (Lipinski definition) is 7. The van der Waals surface area contributed by atoms with Gasteiger partial charge in [0.2, 0.25) is 0 Å². The van der Waals surface area contributed by atoms with Crippen molar-refractivity contribution in [3.8, 4) is 17.4 Å². The van der Waals surface area contributed by atoms with E-state index in [9.17, 15) is 10.1 Å². The molecule has 3 heterocycles. The van der Waals surface area contributed by atoms with Crippen LogP contribution in [0.25, 0.3) is 11.3 Å². The van der Waals surface area contributed by atoms with Gasteiger partial charge in [0.15, 0.2) is 5.76 Å². The van der Waals surface area contributed by atoms with Gasteiger partial charge in [0.25, 0.3) is 5.89 Å². The third-order valence-electron chi connectivity index (χ3n) is 5.60. The molecule has 9 heteroatoms. The van der Waals surface area contributed by atoms with E-state index in [0.29, 0.717) is 30.3 Å². The van der Waals surface area contributed by atoms with Crippen LogP contribution in [-0.4, -0.2) is 44.5 Å². The lowest BCUT2D eigenvalue weighted by atomic mass is 9.99. The van der Waals surface area contributed by atoms with E-state index in [1.165, 1.54) is 0 Å². The van der Waals surface area contributed by atoms with E-state index in [1.54, 1.807) is 17.1 Å². The van der Waals surface area contributed by atoms with Crippen LogP contribution in [0.1, 0.15) is 47.0 Å². The molecule has 2 fully saturated rings. The van der Waals surface area contributed by atoms with Crippen molar-refractivity contribution in [2.24, 2.45) is 0 Å². The first-order valence-electron chi connectivity index (χ1n) is 10.1. The Morgan fingerprint density at radius 1 is 1.40 bits per heavy atom. The number of carbonyl (C=O) groups is 1. The minimum Gasteiger partial charge on any atom is -0.432 e. The van der Waals surface area contributed by atoms with E-state index in [2.05, 4.69) is 32.0 Å². The monoisotopic (exact) mass is 403 g/mol. The average Bonchev–Trinajstić information content (AvgIpc) is 3.14. The zero-order valence-electron chi connectivity index (χ0n) is 16.3. The summed E-state index contributed by atoms with van der Waals surface area (Å²) in [5.41, 5.74) is 2.55. The zero-order chi connectivity index (χ0) is 20.5. The van der Waals surface area contributed by atoms with Crippen molar-refractivity contribution in [3.05, 3.63) is 53.8 Å². The molecular formula is C21H21N7O2. The van der Waals surface area contributed by atoms with Gasteiger partial charge in [-0.1, -0.05) is 11.3 Å². The molecule has 1 saturated carbocycles. The first kappa shape index (κ1) is 18.5. The predicted molar refractivity (Wildman–Crippen MR) is 106 cm³/mol. The summed E-state index contributed by atoms with van der Waals surface area (Å²) in [6.07, 6.45) is 8.08. The quantitative estimate of drug-likeness (QED) is 0.644. The number of carbonyl (C=O) groups excluding carboxylic acids is 1. The van der Waals surface area contributed by atoms with Crippen molar-refractivity contribution in [1.29, 1.82) is 5.26 Å². The van der Waals surface area contributed by atoms with Crippen LogP contribution in [0.15, 0.2) is 41.2 Å². The fourth-order valence-electron chi connectivity index (χ4n) is 3.96. The Hall–Kier alpha value is -3.51. The molecule has 2 aromatic heterocycles. The minimum absolute atomic E-state index is 0.00897. The molecular weight excluding hydrogens is 382 g/mol. The van der Waals surface area contributed by atoms with E-state index in [1.807, 2.05) is 24.4 Å². The van der Waals surface area contributed by atoms with Crippen LogP contribution in [0.4, 0.5) is 0 Å². The normalized spacial score (nSPS) is 20.8. The number of amides is 1. The topological polar surface area (TPSA) is 122 Å². The van der Waals surface area contributed by atoms with E-state index >= 15 is 0 Å². The van der Waals surface area contributed by atoms with Crippen molar-refractivity contribution in [2.75, 3.05) is 6.54 Å². The third-order valence-corrected chi connectivity index (χ3v) is 5.60. The molecule has 5 rings (SSSR count). The lowest BCUT2D eigenvalue weighted by molar-refractivity contribution is 0.0905. The maximum Gasteiger partial charge on any atom is 0.307 e. The first-order chi connectivity index (χ1) is 14.7. The average molecular weight is 403 g/mol. The molecule has 2 N–H and O–H groups in total. The number of nitrogens with one attached hydrogen (secondary N) is 2. The van der Waals surface area contributed by atoms with Crippen molar-refractivity contribution in [1.82, 2.24) is 30.6 Å². The summed E-state index contributed by atoms with van der Waals surface area (Å²) in [6, 6.07) is 7.98. The number of nitrogens with zero attached hydrogens (tertiary/aromatic N) is 5. The standard InChI is InChI=1S/C21H21N7O2/c22-9-13-1-4-17(14-2-3-14)18(7-13)19-11-24-21(30-19)20(29)26-15-8-16(23-10-15)12-28-6-5-25-27-28/h1,4-7,11,14-16,23H,2-3,8,10,12H2,(H,26,29)/t15-,16+/m1/s1. The van der Waals surface area contributed by atoms with Crippen molar-refractivity contribution in [3.63, 3.8) is 0 Å². The predicted octanol–water partition coefficient (Wildman–Crippen LogP) is 1.84. The number of oxazole rings is 1. The highest BCUT2D eigenvalue weighted by Crippen LogP contribution is 2.44.